The lowest BCUT2D eigenvalue weighted by Gasteiger charge is -2.28. The number of rotatable bonds is 4. The van der Waals surface area contributed by atoms with Crippen LogP contribution in [0.5, 0.6) is 5.75 Å². The molecule has 0 spiro atoms. The van der Waals surface area contributed by atoms with Gasteiger partial charge in [-0.25, -0.2) is 0 Å². The molecule has 1 unspecified atom stereocenters. The van der Waals surface area contributed by atoms with Crippen molar-refractivity contribution in [1.29, 1.82) is 0 Å². The van der Waals surface area contributed by atoms with E-state index in [2.05, 4.69) is 0 Å². The third-order valence-electron chi connectivity index (χ3n) is 4.06. The van der Waals surface area contributed by atoms with Crippen LogP contribution in [-0.2, 0) is 4.79 Å². The standard InChI is InChI=1S/C17H24N2O3/c1-4-22-14-9-7-8-13(12-14)16(20)19(3)15-10-5-6-11-18(2)17(15)21/h7-9,12,15H,4-6,10-11H2,1-3H3. The van der Waals surface area contributed by atoms with Crippen LogP contribution in [0.25, 0.3) is 0 Å². The number of benzene rings is 1. The van der Waals surface area contributed by atoms with Crippen molar-refractivity contribution in [3.05, 3.63) is 29.8 Å². The van der Waals surface area contributed by atoms with Crippen molar-refractivity contribution in [3.63, 3.8) is 0 Å². The van der Waals surface area contributed by atoms with Gasteiger partial charge in [-0.2, -0.15) is 0 Å². The Labute approximate surface area is 131 Å². The van der Waals surface area contributed by atoms with Crippen LogP contribution in [0, 0.1) is 0 Å². The third kappa shape index (κ3) is 3.59. The van der Waals surface area contributed by atoms with Crippen LogP contribution in [-0.4, -0.2) is 54.9 Å². The summed E-state index contributed by atoms with van der Waals surface area (Å²) in [5.41, 5.74) is 0.549. The van der Waals surface area contributed by atoms with E-state index >= 15 is 0 Å². The highest BCUT2D eigenvalue weighted by Gasteiger charge is 2.31. The molecule has 0 bridgehead atoms. The number of nitrogens with zero attached hydrogens (tertiary/aromatic N) is 2. The van der Waals surface area contributed by atoms with E-state index in [9.17, 15) is 9.59 Å². The third-order valence-corrected chi connectivity index (χ3v) is 4.06. The molecule has 1 saturated heterocycles. The quantitative estimate of drug-likeness (QED) is 0.856. The second-order valence-corrected chi connectivity index (χ2v) is 5.65. The summed E-state index contributed by atoms with van der Waals surface area (Å²) in [6.45, 7) is 3.22. The fourth-order valence-corrected chi connectivity index (χ4v) is 2.76. The Balaban J connectivity index is 2.17. The highest BCUT2D eigenvalue weighted by atomic mass is 16.5. The van der Waals surface area contributed by atoms with Gasteiger partial charge in [0.15, 0.2) is 0 Å². The largest absolute Gasteiger partial charge is 0.494 e. The minimum atomic E-state index is -0.379. The first-order chi connectivity index (χ1) is 10.5. The summed E-state index contributed by atoms with van der Waals surface area (Å²) in [7, 11) is 3.51. The summed E-state index contributed by atoms with van der Waals surface area (Å²) in [6, 6.07) is 6.73. The number of amides is 2. The van der Waals surface area contributed by atoms with Crippen molar-refractivity contribution in [2.75, 3.05) is 27.2 Å². The normalized spacial score (nSPS) is 18.8. The van der Waals surface area contributed by atoms with Crippen LogP contribution in [0.4, 0.5) is 0 Å². The summed E-state index contributed by atoms with van der Waals surface area (Å²) in [5, 5.41) is 0. The van der Waals surface area contributed by atoms with Gasteiger partial charge in [-0.3, -0.25) is 9.59 Å². The lowest BCUT2D eigenvalue weighted by Crippen LogP contribution is -2.47. The molecule has 1 fully saturated rings. The van der Waals surface area contributed by atoms with Gasteiger partial charge in [0, 0.05) is 26.2 Å². The number of carbonyl (C=O) groups is 2. The van der Waals surface area contributed by atoms with Crippen LogP contribution >= 0.6 is 0 Å². The molecule has 2 amide bonds. The molecule has 0 aromatic heterocycles. The fraction of sp³-hybridized carbons (Fsp3) is 0.529. The van der Waals surface area contributed by atoms with Gasteiger partial charge in [0.1, 0.15) is 11.8 Å². The predicted octanol–water partition coefficient (Wildman–Crippen LogP) is 2.17. The zero-order valence-electron chi connectivity index (χ0n) is 13.5. The maximum absolute atomic E-state index is 12.7. The molecule has 1 aromatic carbocycles. The number of likely N-dealkylation sites (N-methyl/N-ethyl adjacent to an activating group) is 2. The van der Waals surface area contributed by atoms with E-state index in [1.165, 1.54) is 0 Å². The average molecular weight is 304 g/mol. The Morgan fingerprint density at radius 1 is 1.41 bits per heavy atom. The average Bonchev–Trinajstić information content (AvgIpc) is 2.69. The van der Waals surface area contributed by atoms with Gasteiger partial charge < -0.3 is 14.5 Å². The predicted molar refractivity (Wildman–Crippen MR) is 85.0 cm³/mol. The molecular formula is C17H24N2O3. The van der Waals surface area contributed by atoms with Gasteiger partial charge in [0.05, 0.1) is 6.61 Å². The minimum Gasteiger partial charge on any atom is -0.494 e. The van der Waals surface area contributed by atoms with Gasteiger partial charge in [0.25, 0.3) is 5.91 Å². The Morgan fingerprint density at radius 2 is 2.18 bits per heavy atom. The molecule has 2 rings (SSSR count). The van der Waals surface area contributed by atoms with E-state index in [0.717, 1.165) is 25.8 Å². The monoisotopic (exact) mass is 304 g/mol. The number of likely N-dealkylation sites (tertiary alicyclic amines) is 1. The number of hydrogen-bond acceptors (Lipinski definition) is 3. The number of carbonyl (C=O) groups excluding carboxylic acids is 2. The van der Waals surface area contributed by atoms with E-state index in [4.69, 9.17) is 4.74 Å². The molecule has 5 nitrogen and oxygen atoms in total. The van der Waals surface area contributed by atoms with Gasteiger partial charge in [-0.1, -0.05) is 6.07 Å². The van der Waals surface area contributed by atoms with Crippen LogP contribution in [0.3, 0.4) is 0 Å². The molecule has 5 heteroatoms. The second-order valence-electron chi connectivity index (χ2n) is 5.65. The van der Waals surface area contributed by atoms with Crippen molar-refractivity contribution >= 4 is 11.8 Å². The van der Waals surface area contributed by atoms with E-state index in [0.29, 0.717) is 17.9 Å². The highest BCUT2D eigenvalue weighted by molar-refractivity contribution is 5.97. The molecule has 1 aromatic rings. The van der Waals surface area contributed by atoms with Gasteiger partial charge in [0.2, 0.25) is 5.91 Å². The Hall–Kier alpha value is -2.04. The Kier molecular flexibility index (Phi) is 5.41. The zero-order valence-corrected chi connectivity index (χ0v) is 13.5. The second kappa shape index (κ2) is 7.29. The lowest BCUT2D eigenvalue weighted by molar-refractivity contribution is -0.133. The van der Waals surface area contributed by atoms with Crippen molar-refractivity contribution in [2.45, 2.75) is 32.2 Å². The van der Waals surface area contributed by atoms with Crippen molar-refractivity contribution in [1.82, 2.24) is 9.80 Å². The molecule has 22 heavy (non-hydrogen) atoms. The molecular weight excluding hydrogens is 280 g/mol. The van der Waals surface area contributed by atoms with Crippen molar-refractivity contribution in [2.24, 2.45) is 0 Å². The maximum atomic E-state index is 12.7. The van der Waals surface area contributed by atoms with Crippen molar-refractivity contribution in [3.8, 4) is 5.75 Å². The molecule has 120 valence electrons. The van der Waals surface area contributed by atoms with E-state index in [1.807, 2.05) is 13.0 Å². The number of ether oxygens (including phenoxy) is 1. The summed E-state index contributed by atoms with van der Waals surface area (Å²) >= 11 is 0. The molecule has 0 aliphatic carbocycles. The summed E-state index contributed by atoms with van der Waals surface area (Å²) in [6.07, 6.45) is 2.66. The zero-order chi connectivity index (χ0) is 16.1. The van der Waals surface area contributed by atoms with E-state index in [1.54, 1.807) is 42.1 Å². The van der Waals surface area contributed by atoms with Crippen LogP contribution in [0.2, 0.25) is 0 Å². The van der Waals surface area contributed by atoms with Gasteiger partial charge in [-0.15, -0.1) is 0 Å². The lowest BCUT2D eigenvalue weighted by atomic mass is 10.1. The summed E-state index contributed by atoms with van der Waals surface area (Å²) in [4.78, 5) is 28.3. The fourth-order valence-electron chi connectivity index (χ4n) is 2.76. The molecule has 1 aliphatic heterocycles. The number of hydrogen-bond donors (Lipinski definition) is 0. The maximum Gasteiger partial charge on any atom is 0.254 e. The molecule has 1 atom stereocenters. The van der Waals surface area contributed by atoms with Crippen LogP contribution in [0.15, 0.2) is 24.3 Å². The first-order valence-corrected chi connectivity index (χ1v) is 7.79. The molecule has 1 heterocycles. The minimum absolute atomic E-state index is 0.0225. The smallest absolute Gasteiger partial charge is 0.254 e. The Bertz CT molecular complexity index is 544. The SMILES string of the molecule is CCOc1cccc(C(=O)N(C)C2CCCCN(C)C2=O)c1. The van der Waals surface area contributed by atoms with Crippen molar-refractivity contribution < 1.29 is 14.3 Å². The first kappa shape index (κ1) is 16.3. The van der Waals surface area contributed by atoms with Gasteiger partial charge in [-0.05, 0) is 44.4 Å². The first-order valence-electron chi connectivity index (χ1n) is 7.79. The van der Waals surface area contributed by atoms with E-state index < -0.39 is 0 Å². The Morgan fingerprint density at radius 3 is 2.91 bits per heavy atom. The molecule has 0 saturated carbocycles. The van der Waals surface area contributed by atoms with Crippen LogP contribution in [0.1, 0.15) is 36.5 Å². The highest BCUT2D eigenvalue weighted by Crippen LogP contribution is 2.19. The summed E-state index contributed by atoms with van der Waals surface area (Å²) in [5.74, 6) is 0.551. The molecule has 0 N–H and O–H groups in total. The molecule has 0 radical (unpaired) electrons. The summed E-state index contributed by atoms with van der Waals surface area (Å²) < 4.78 is 5.43. The topological polar surface area (TPSA) is 49.9 Å². The van der Waals surface area contributed by atoms with Gasteiger partial charge >= 0.3 is 0 Å². The van der Waals surface area contributed by atoms with Crippen LogP contribution < -0.4 is 4.74 Å². The van der Waals surface area contributed by atoms with E-state index in [-0.39, 0.29) is 17.9 Å². The molecule has 1 aliphatic rings.